The molecule has 0 radical (unpaired) electrons. The van der Waals surface area contributed by atoms with E-state index in [4.69, 9.17) is 15.6 Å². The second-order valence-corrected chi connectivity index (χ2v) is 9.70. The number of hydrogen-bond acceptors (Lipinski definition) is 10. The second kappa shape index (κ2) is 8.90. The zero-order valence-corrected chi connectivity index (χ0v) is 19.5. The van der Waals surface area contributed by atoms with E-state index in [2.05, 4.69) is 24.4 Å². The van der Waals surface area contributed by atoms with Crippen LogP contribution in [0.3, 0.4) is 0 Å². The van der Waals surface area contributed by atoms with Crippen molar-refractivity contribution in [2.75, 3.05) is 11.3 Å². The average Bonchev–Trinajstić information content (AvgIpc) is 3.27. The number of ether oxygens (including phenoxy) is 1. The highest BCUT2D eigenvalue weighted by Crippen LogP contribution is 2.46. The molecule has 14 heteroatoms. The number of amidine groups is 1. The molecule has 4 rings (SSSR count). The van der Waals surface area contributed by atoms with Gasteiger partial charge in [-0.25, -0.2) is 14.8 Å². The van der Waals surface area contributed by atoms with E-state index < -0.39 is 28.4 Å². The van der Waals surface area contributed by atoms with Crippen LogP contribution >= 0.6 is 11.0 Å². The highest BCUT2D eigenvalue weighted by atomic mass is 32.3. The van der Waals surface area contributed by atoms with Gasteiger partial charge in [0.25, 0.3) is 5.91 Å². The SMILES string of the molecule is CC(C)(COc1cccc2c1C(N)=NS(O)(O)N2)NC(=O)c1ccnc(-n2cnc(C(=O)O)c2)c1. The molecule has 0 bridgehead atoms. The highest BCUT2D eigenvalue weighted by Gasteiger charge is 2.27. The molecule has 1 amide bonds. The van der Waals surface area contributed by atoms with Crippen molar-refractivity contribution in [2.45, 2.75) is 19.4 Å². The Kier molecular flexibility index (Phi) is 6.10. The van der Waals surface area contributed by atoms with Gasteiger partial charge in [0.05, 0.1) is 16.8 Å². The first-order valence-corrected chi connectivity index (χ1v) is 11.7. The number of carboxylic acid groups (broad SMARTS) is 1. The smallest absolute Gasteiger partial charge is 0.356 e. The van der Waals surface area contributed by atoms with E-state index in [1.807, 2.05) is 0 Å². The Morgan fingerprint density at radius 3 is 2.74 bits per heavy atom. The lowest BCUT2D eigenvalue weighted by atomic mass is 10.1. The molecule has 7 N–H and O–H groups in total. The molecule has 1 aliphatic rings. The van der Waals surface area contributed by atoms with Crippen LogP contribution in [0.5, 0.6) is 5.75 Å². The Bertz CT molecular complexity index is 1340. The molecule has 0 saturated heterocycles. The van der Waals surface area contributed by atoms with Gasteiger partial charge in [-0.3, -0.25) is 23.2 Å². The maximum Gasteiger partial charge on any atom is 0.356 e. The number of carbonyl (C=O) groups excluding carboxylic acids is 1. The third-order valence-electron chi connectivity index (χ3n) is 4.87. The zero-order valence-electron chi connectivity index (χ0n) is 18.7. The molecule has 0 spiro atoms. The van der Waals surface area contributed by atoms with Crippen LogP contribution in [-0.2, 0) is 0 Å². The standard InChI is InChI=1S/C21H23N7O6S/c1-21(2,10-34-15-5-3-4-13-17(15)18(22)27-35(32,33)26-13)25-19(29)12-6-7-23-16(8-12)28-9-14(20(30)31)24-11-28/h3-9,11,26,32-33H,10H2,1-2H3,(H2,22,27)(H,25,29)(H,30,31). The summed E-state index contributed by atoms with van der Waals surface area (Å²) in [4.78, 5) is 31.9. The number of amides is 1. The lowest BCUT2D eigenvalue weighted by Gasteiger charge is -2.34. The number of fused-ring (bicyclic) bond motifs is 1. The van der Waals surface area contributed by atoms with Gasteiger partial charge in [0.15, 0.2) is 11.5 Å². The number of carboxylic acids is 1. The Labute approximate surface area is 201 Å². The lowest BCUT2D eigenvalue weighted by molar-refractivity contribution is 0.0690. The van der Waals surface area contributed by atoms with Gasteiger partial charge >= 0.3 is 5.97 Å². The first-order valence-electron chi connectivity index (χ1n) is 10.2. The van der Waals surface area contributed by atoms with Gasteiger partial charge in [-0.1, -0.05) is 6.07 Å². The van der Waals surface area contributed by atoms with Gasteiger partial charge in [0.2, 0.25) is 0 Å². The minimum atomic E-state index is -3.42. The van der Waals surface area contributed by atoms with Crippen LogP contribution in [0.4, 0.5) is 5.69 Å². The van der Waals surface area contributed by atoms with Gasteiger partial charge in [0, 0.05) is 18.0 Å². The third-order valence-corrected chi connectivity index (χ3v) is 5.81. The lowest BCUT2D eigenvalue weighted by Crippen LogP contribution is -2.48. The van der Waals surface area contributed by atoms with E-state index in [0.717, 1.165) is 0 Å². The van der Waals surface area contributed by atoms with Crippen LogP contribution in [0.2, 0.25) is 0 Å². The van der Waals surface area contributed by atoms with E-state index in [1.54, 1.807) is 32.0 Å². The third kappa shape index (κ3) is 5.34. The van der Waals surface area contributed by atoms with Crippen LogP contribution < -0.4 is 20.5 Å². The summed E-state index contributed by atoms with van der Waals surface area (Å²) in [6.07, 6.45) is 4.03. The van der Waals surface area contributed by atoms with E-state index in [9.17, 15) is 18.7 Å². The normalized spacial score (nSPS) is 15.3. The number of imidazole rings is 1. The minimum absolute atomic E-state index is 0.0557. The summed E-state index contributed by atoms with van der Waals surface area (Å²) in [6.45, 7) is 3.59. The Hall–Kier alpha value is -4.14. The summed E-state index contributed by atoms with van der Waals surface area (Å²) >= 11 is 0. The number of carbonyl (C=O) groups is 2. The van der Waals surface area contributed by atoms with Crippen LogP contribution in [-0.4, -0.2) is 58.6 Å². The maximum absolute atomic E-state index is 12.9. The predicted molar refractivity (Wildman–Crippen MR) is 129 cm³/mol. The largest absolute Gasteiger partial charge is 0.490 e. The first-order chi connectivity index (χ1) is 16.4. The molecule has 184 valence electrons. The number of aromatic carboxylic acids is 1. The van der Waals surface area contributed by atoms with Gasteiger partial charge in [0.1, 0.15) is 24.5 Å². The van der Waals surface area contributed by atoms with Crippen LogP contribution in [0.25, 0.3) is 5.82 Å². The fraction of sp³-hybridized carbons (Fsp3) is 0.190. The molecular weight excluding hydrogens is 478 g/mol. The van der Waals surface area contributed by atoms with E-state index in [1.165, 1.54) is 35.4 Å². The molecule has 1 aliphatic heterocycles. The molecule has 1 aromatic carbocycles. The second-order valence-electron chi connectivity index (χ2n) is 8.28. The quantitative estimate of drug-likeness (QED) is 0.279. The van der Waals surface area contributed by atoms with E-state index >= 15 is 0 Å². The molecule has 0 saturated carbocycles. The fourth-order valence-electron chi connectivity index (χ4n) is 3.29. The summed E-state index contributed by atoms with van der Waals surface area (Å²) < 4.78 is 33.1. The number of benzene rings is 1. The van der Waals surface area contributed by atoms with Gasteiger partial charge in [-0.15, -0.1) is 4.40 Å². The number of pyridine rings is 1. The van der Waals surface area contributed by atoms with Crippen molar-refractivity contribution < 1.29 is 28.5 Å². The topological polar surface area (TPSA) is 197 Å². The number of anilines is 1. The Morgan fingerprint density at radius 2 is 2.03 bits per heavy atom. The molecule has 0 aliphatic carbocycles. The van der Waals surface area contributed by atoms with Crippen molar-refractivity contribution in [3.05, 3.63) is 65.9 Å². The summed E-state index contributed by atoms with van der Waals surface area (Å²) in [5.41, 5.74) is 6.00. The minimum Gasteiger partial charge on any atom is -0.490 e. The first kappa shape index (κ1) is 24.0. The fourth-order valence-corrected chi connectivity index (χ4v) is 4.16. The number of rotatable bonds is 7. The molecular formula is C21H23N7O6S. The van der Waals surface area contributed by atoms with Crippen molar-refractivity contribution in [3.63, 3.8) is 0 Å². The summed E-state index contributed by atoms with van der Waals surface area (Å²) in [7, 11) is -3.42. The Morgan fingerprint density at radius 1 is 1.26 bits per heavy atom. The van der Waals surface area contributed by atoms with Crippen LogP contribution in [0.15, 0.2) is 53.5 Å². The molecule has 35 heavy (non-hydrogen) atoms. The number of hydrogen-bond donors (Lipinski definition) is 6. The van der Waals surface area contributed by atoms with Gasteiger partial charge in [-0.05, 0) is 49.1 Å². The van der Waals surface area contributed by atoms with Crippen LogP contribution in [0, 0.1) is 0 Å². The van der Waals surface area contributed by atoms with Gasteiger partial charge < -0.3 is 20.9 Å². The molecule has 0 atom stereocenters. The number of nitrogens with two attached hydrogens (primary N) is 1. The zero-order chi connectivity index (χ0) is 25.4. The Balaban J connectivity index is 1.46. The summed E-state index contributed by atoms with van der Waals surface area (Å²) in [5.74, 6) is -0.959. The van der Waals surface area contributed by atoms with Crippen molar-refractivity contribution in [1.29, 1.82) is 0 Å². The van der Waals surface area contributed by atoms with Crippen molar-refractivity contribution in [1.82, 2.24) is 19.9 Å². The van der Waals surface area contributed by atoms with E-state index in [0.29, 0.717) is 28.4 Å². The summed E-state index contributed by atoms with van der Waals surface area (Å²) in [5, 5.41) is 11.9. The number of nitrogens with zero attached hydrogens (tertiary/aromatic N) is 4. The van der Waals surface area contributed by atoms with Crippen molar-refractivity contribution >= 4 is 34.4 Å². The molecule has 0 unspecified atom stereocenters. The average molecular weight is 502 g/mol. The number of nitrogens with one attached hydrogen (secondary N) is 2. The monoisotopic (exact) mass is 501 g/mol. The van der Waals surface area contributed by atoms with E-state index in [-0.39, 0.29) is 18.1 Å². The highest BCUT2D eigenvalue weighted by molar-refractivity contribution is 8.24. The van der Waals surface area contributed by atoms with Crippen molar-refractivity contribution in [2.24, 2.45) is 10.1 Å². The van der Waals surface area contributed by atoms with Gasteiger partial charge in [-0.2, -0.15) is 0 Å². The molecule has 3 aromatic rings. The summed E-state index contributed by atoms with van der Waals surface area (Å²) in [6, 6.07) is 7.97. The molecule has 13 nitrogen and oxygen atoms in total. The predicted octanol–water partition coefficient (Wildman–Crippen LogP) is 2.26. The molecule has 2 aromatic heterocycles. The number of aromatic nitrogens is 3. The van der Waals surface area contributed by atoms with Crippen LogP contribution in [0.1, 0.15) is 40.3 Å². The molecule has 3 heterocycles. The van der Waals surface area contributed by atoms with Crippen molar-refractivity contribution in [3.8, 4) is 11.6 Å². The maximum atomic E-state index is 12.9. The molecule has 0 fully saturated rings.